The van der Waals surface area contributed by atoms with Gasteiger partial charge < -0.3 is 20.2 Å². The van der Waals surface area contributed by atoms with Gasteiger partial charge in [-0.25, -0.2) is 0 Å². The summed E-state index contributed by atoms with van der Waals surface area (Å²) in [5.41, 5.74) is 7.05. The fourth-order valence-electron chi connectivity index (χ4n) is 2.57. The number of nitrogens with one attached hydrogen (secondary N) is 1. The first kappa shape index (κ1) is 16.5. The number of halogens is 1. The van der Waals surface area contributed by atoms with Crippen LogP contribution in [-0.2, 0) is 11.3 Å². The Morgan fingerprint density at radius 2 is 2.09 bits per heavy atom. The van der Waals surface area contributed by atoms with Crippen LogP contribution in [0.3, 0.4) is 0 Å². The van der Waals surface area contributed by atoms with Crippen LogP contribution in [0.5, 0.6) is 0 Å². The number of benzene rings is 1. The highest BCUT2D eigenvalue weighted by atomic mass is 35.5. The minimum Gasteiger partial charge on any atom is -0.467 e. The second kappa shape index (κ2) is 7.45. The average Bonchev–Trinajstić information content (AvgIpc) is 3.17. The first-order valence-electron chi connectivity index (χ1n) is 7.03. The fraction of sp³-hybridized carbons (Fsp3) is 0.312. The molecule has 0 bridgehead atoms. The van der Waals surface area contributed by atoms with E-state index in [1.165, 1.54) is 6.26 Å². The maximum absolute atomic E-state index is 12.2. The third-order valence-electron chi connectivity index (χ3n) is 3.65. The highest BCUT2D eigenvalue weighted by Gasteiger charge is 2.31. The van der Waals surface area contributed by atoms with Crippen LogP contribution in [0, 0.1) is 0 Å². The highest BCUT2D eigenvalue weighted by molar-refractivity contribution is 5.94. The summed E-state index contributed by atoms with van der Waals surface area (Å²) in [6.07, 6.45) is 2.13. The van der Waals surface area contributed by atoms with Gasteiger partial charge in [-0.1, -0.05) is 30.3 Å². The molecule has 3 rings (SSSR count). The summed E-state index contributed by atoms with van der Waals surface area (Å²) in [5, 5.41) is 3.02. The Morgan fingerprint density at radius 3 is 2.77 bits per heavy atom. The fourth-order valence-corrected chi connectivity index (χ4v) is 2.57. The smallest absolute Gasteiger partial charge is 0.254 e. The van der Waals surface area contributed by atoms with Crippen LogP contribution in [-0.4, -0.2) is 18.6 Å². The Hall–Kier alpha value is -1.82. The lowest BCUT2D eigenvalue weighted by atomic mass is 10.0. The lowest BCUT2D eigenvalue weighted by Gasteiger charge is -2.19. The van der Waals surface area contributed by atoms with Crippen molar-refractivity contribution in [3.8, 4) is 0 Å². The van der Waals surface area contributed by atoms with Gasteiger partial charge in [0.1, 0.15) is 18.1 Å². The molecule has 6 heteroatoms. The molecule has 5 nitrogen and oxygen atoms in total. The van der Waals surface area contributed by atoms with E-state index in [4.69, 9.17) is 14.9 Å². The van der Waals surface area contributed by atoms with E-state index >= 15 is 0 Å². The van der Waals surface area contributed by atoms with Crippen LogP contribution < -0.4 is 11.1 Å². The molecule has 2 aromatic rings. The first-order chi connectivity index (χ1) is 10.3. The van der Waals surface area contributed by atoms with Gasteiger partial charge in [0.25, 0.3) is 5.91 Å². The third-order valence-corrected chi connectivity index (χ3v) is 3.65. The first-order valence-corrected chi connectivity index (χ1v) is 7.03. The second-order valence-corrected chi connectivity index (χ2v) is 5.08. The summed E-state index contributed by atoms with van der Waals surface area (Å²) < 4.78 is 11.0. The summed E-state index contributed by atoms with van der Waals surface area (Å²) in [7, 11) is 0. The number of ether oxygens (including phenoxy) is 1. The molecule has 22 heavy (non-hydrogen) atoms. The van der Waals surface area contributed by atoms with Crippen molar-refractivity contribution < 1.29 is 13.9 Å². The minimum absolute atomic E-state index is 0. The van der Waals surface area contributed by atoms with Crippen LogP contribution in [0.15, 0.2) is 47.1 Å². The van der Waals surface area contributed by atoms with E-state index in [0.29, 0.717) is 17.9 Å². The maximum Gasteiger partial charge on any atom is 0.254 e. The molecule has 1 fully saturated rings. The topological polar surface area (TPSA) is 77.5 Å². The number of carbonyl (C=O) groups excluding carboxylic acids is 1. The van der Waals surface area contributed by atoms with E-state index in [1.54, 1.807) is 6.07 Å². The summed E-state index contributed by atoms with van der Waals surface area (Å²) in [4.78, 5) is 12.2. The summed E-state index contributed by atoms with van der Waals surface area (Å²) in [6.45, 7) is 0.927. The Kier molecular flexibility index (Phi) is 5.60. The number of nitrogens with two attached hydrogens (primary N) is 1. The molecule has 3 N–H and O–H groups in total. The largest absolute Gasteiger partial charge is 0.467 e. The molecule has 0 saturated carbocycles. The molecule has 2 atom stereocenters. The molecular formula is C16H19ClN2O3. The lowest BCUT2D eigenvalue weighted by molar-refractivity contribution is 0.0821. The predicted molar refractivity (Wildman–Crippen MR) is 84.9 cm³/mol. The quantitative estimate of drug-likeness (QED) is 0.906. The van der Waals surface area contributed by atoms with Gasteiger partial charge in [-0.15, -0.1) is 12.4 Å². The van der Waals surface area contributed by atoms with Gasteiger partial charge in [0.2, 0.25) is 0 Å². The van der Waals surface area contributed by atoms with Crippen molar-refractivity contribution in [3.05, 3.63) is 59.5 Å². The van der Waals surface area contributed by atoms with Crippen molar-refractivity contribution in [2.75, 3.05) is 6.61 Å². The second-order valence-electron chi connectivity index (χ2n) is 5.08. The number of hydrogen-bond donors (Lipinski definition) is 2. The van der Waals surface area contributed by atoms with E-state index in [-0.39, 0.29) is 37.0 Å². The number of carbonyl (C=O) groups is 1. The van der Waals surface area contributed by atoms with Gasteiger partial charge >= 0.3 is 0 Å². The van der Waals surface area contributed by atoms with E-state index < -0.39 is 0 Å². The monoisotopic (exact) mass is 322 g/mol. The molecular weight excluding hydrogens is 304 g/mol. The maximum atomic E-state index is 12.2. The van der Waals surface area contributed by atoms with Crippen LogP contribution in [0.2, 0.25) is 0 Å². The van der Waals surface area contributed by atoms with Crippen molar-refractivity contribution in [2.45, 2.75) is 25.1 Å². The standard InChI is InChI=1S/C16H18N2O3.ClH/c17-9-13-8-12(10-21-13)16(19)18-14-6-7-20-15(14)11-4-2-1-3-5-11;/h1-5,8,10,14-15H,6-7,9,17H2,(H,18,19);1H. The molecule has 1 amide bonds. The number of hydrogen-bond acceptors (Lipinski definition) is 4. The van der Waals surface area contributed by atoms with Gasteiger partial charge in [0.15, 0.2) is 0 Å². The molecule has 1 aliphatic rings. The van der Waals surface area contributed by atoms with Crippen LogP contribution in [0.25, 0.3) is 0 Å². The SMILES string of the molecule is Cl.NCc1cc(C(=O)NC2CCOC2c2ccccc2)co1. The summed E-state index contributed by atoms with van der Waals surface area (Å²) in [5.74, 6) is 0.442. The molecule has 1 aromatic carbocycles. The van der Waals surface area contributed by atoms with Crippen LogP contribution in [0.1, 0.15) is 34.2 Å². The van der Waals surface area contributed by atoms with Crippen molar-refractivity contribution in [1.29, 1.82) is 0 Å². The Balaban J connectivity index is 0.00000176. The van der Waals surface area contributed by atoms with Crippen molar-refractivity contribution in [2.24, 2.45) is 5.73 Å². The molecule has 2 heterocycles. The molecule has 0 radical (unpaired) electrons. The zero-order valence-corrected chi connectivity index (χ0v) is 12.8. The van der Waals surface area contributed by atoms with E-state index in [9.17, 15) is 4.79 Å². The molecule has 1 aromatic heterocycles. The van der Waals surface area contributed by atoms with Gasteiger partial charge in [-0.3, -0.25) is 4.79 Å². The molecule has 0 aliphatic carbocycles. The average molecular weight is 323 g/mol. The predicted octanol–water partition coefficient (Wildman–Crippen LogP) is 2.42. The molecule has 1 aliphatic heterocycles. The number of rotatable bonds is 4. The number of furan rings is 1. The Morgan fingerprint density at radius 1 is 1.32 bits per heavy atom. The van der Waals surface area contributed by atoms with E-state index in [0.717, 1.165) is 12.0 Å². The van der Waals surface area contributed by atoms with Gasteiger partial charge in [0.05, 0.1) is 18.2 Å². The Labute approximate surface area is 135 Å². The molecule has 1 saturated heterocycles. The summed E-state index contributed by atoms with van der Waals surface area (Å²) in [6, 6.07) is 11.6. The minimum atomic E-state index is -0.158. The van der Waals surface area contributed by atoms with Crippen LogP contribution >= 0.6 is 12.4 Å². The van der Waals surface area contributed by atoms with Gasteiger partial charge in [-0.05, 0) is 18.1 Å². The van der Waals surface area contributed by atoms with Crippen LogP contribution in [0.4, 0.5) is 0 Å². The normalized spacial score (nSPS) is 20.4. The van der Waals surface area contributed by atoms with Gasteiger partial charge in [0, 0.05) is 6.61 Å². The molecule has 2 unspecified atom stereocenters. The highest BCUT2D eigenvalue weighted by Crippen LogP contribution is 2.29. The van der Waals surface area contributed by atoms with Crippen molar-refractivity contribution >= 4 is 18.3 Å². The van der Waals surface area contributed by atoms with Crippen molar-refractivity contribution in [3.63, 3.8) is 0 Å². The third kappa shape index (κ3) is 3.50. The molecule has 0 spiro atoms. The van der Waals surface area contributed by atoms with E-state index in [1.807, 2.05) is 30.3 Å². The van der Waals surface area contributed by atoms with E-state index in [2.05, 4.69) is 5.32 Å². The Bertz CT molecular complexity index is 615. The van der Waals surface area contributed by atoms with Crippen molar-refractivity contribution in [1.82, 2.24) is 5.32 Å². The molecule has 118 valence electrons. The lowest BCUT2D eigenvalue weighted by Crippen LogP contribution is -2.36. The zero-order chi connectivity index (χ0) is 14.7. The zero-order valence-electron chi connectivity index (χ0n) is 12.0. The number of amides is 1. The van der Waals surface area contributed by atoms with Gasteiger partial charge in [-0.2, -0.15) is 0 Å². The summed E-state index contributed by atoms with van der Waals surface area (Å²) >= 11 is 0.